The molecule has 1 rings (SSSR count). The molecular formula is C15H18F3N3O4. The van der Waals surface area contributed by atoms with Crippen LogP contribution in [0, 0.1) is 5.92 Å². The molecule has 0 aliphatic rings. The lowest BCUT2D eigenvalue weighted by molar-refractivity contribution is -0.141. The Hall–Kier alpha value is -2.78. The van der Waals surface area contributed by atoms with Gasteiger partial charge in [-0.2, -0.15) is 13.2 Å². The van der Waals surface area contributed by atoms with Crippen molar-refractivity contribution in [2.45, 2.75) is 13.1 Å². The van der Waals surface area contributed by atoms with Gasteiger partial charge in [0, 0.05) is 24.8 Å². The largest absolute Gasteiger partial charge is 0.481 e. The summed E-state index contributed by atoms with van der Waals surface area (Å²) in [4.78, 5) is 35.4. The van der Waals surface area contributed by atoms with Gasteiger partial charge in [-0.15, -0.1) is 0 Å². The second-order valence-corrected chi connectivity index (χ2v) is 5.43. The molecule has 0 aliphatic heterocycles. The summed E-state index contributed by atoms with van der Waals surface area (Å²) in [5.74, 6) is -2.66. The van der Waals surface area contributed by atoms with Crippen molar-refractivity contribution in [1.82, 2.24) is 10.2 Å². The van der Waals surface area contributed by atoms with Crippen molar-refractivity contribution >= 4 is 23.6 Å². The van der Waals surface area contributed by atoms with Crippen LogP contribution in [0.3, 0.4) is 0 Å². The van der Waals surface area contributed by atoms with E-state index >= 15 is 0 Å². The number of carbonyl (C=O) groups is 3. The summed E-state index contributed by atoms with van der Waals surface area (Å²) in [5, 5.41) is 13.0. The molecule has 0 radical (unpaired) electrons. The number of hydrogen-bond acceptors (Lipinski definition) is 3. The number of benzene rings is 1. The molecular weight excluding hydrogens is 343 g/mol. The Labute approximate surface area is 141 Å². The highest BCUT2D eigenvalue weighted by molar-refractivity contribution is 5.95. The molecule has 7 nitrogen and oxygen atoms in total. The minimum absolute atomic E-state index is 0.000894. The maximum absolute atomic E-state index is 12.1. The van der Waals surface area contributed by atoms with Crippen LogP contribution in [0.4, 0.5) is 23.7 Å². The van der Waals surface area contributed by atoms with E-state index in [-0.39, 0.29) is 12.1 Å². The zero-order valence-electron chi connectivity index (χ0n) is 13.6. The van der Waals surface area contributed by atoms with E-state index in [2.05, 4.69) is 5.32 Å². The van der Waals surface area contributed by atoms with Gasteiger partial charge in [0.1, 0.15) is 6.54 Å². The van der Waals surface area contributed by atoms with Crippen LogP contribution >= 0.6 is 0 Å². The molecule has 1 atom stereocenters. The van der Waals surface area contributed by atoms with Gasteiger partial charge in [0.2, 0.25) is 0 Å². The molecule has 0 bridgehead atoms. The monoisotopic (exact) mass is 361 g/mol. The Morgan fingerprint density at radius 3 is 2.24 bits per heavy atom. The highest BCUT2D eigenvalue weighted by atomic mass is 19.4. The SMILES string of the molecule is CC(CN(C)C(=O)Nc1ccc(C(=O)NCC(F)(F)F)cc1)C(=O)O. The van der Waals surface area contributed by atoms with Gasteiger partial charge in [0.25, 0.3) is 5.91 Å². The van der Waals surface area contributed by atoms with Crippen molar-refractivity contribution in [3.8, 4) is 0 Å². The molecule has 25 heavy (non-hydrogen) atoms. The van der Waals surface area contributed by atoms with Gasteiger partial charge < -0.3 is 20.6 Å². The van der Waals surface area contributed by atoms with E-state index in [0.29, 0.717) is 5.69 Å². The molecule has 1 aromatic carbocycles. The number of nitrogens with one attached hydrogen (secondary N) is 2. The lowest BCUT2D eigenvalue weighted by atomic mass is 10.2. The quantitative estimate of drug-likeness (QED) is 0.723. The van der Waals surface area contributed by atoms with E-state index < -0.39 is 36.5 Å². The predicted molar refractivity (Wildman–Crippen MR) is 83.3 cm³/mol. The van der Waals surface area contributed by atoms with Gasteiger partial charge in [0.05, 0.1) is 5.92 Å². The third kappa shape index (κ3) is 7.10. The summed E-state index contributed by atoms with van der Waals surface area (Å²) in [5.41, 5.74) is 0.322. The van der Waals surface area contributed by atoms with Crippen LogP contribution in [0.1, 0.15) is 17.3 Å². The van der Waals surface area contributed by atoms with Crippen LogP contribution in [0.25, 0.3) is 0 Å². The normalized spacial score (nSPS) is 12.2. The number of rotatable bonds is 6. The summed E-state index contributed by atoms with van der Waals surface area (Å²) < 4.78 is 36.2. The summed E-state index contributed by atoms with van der Waals surface area (Å²) >= 11 is 0. The number of amides is 3. The number of anilines is 1. The highest BCUT2D eigenvalue weighted by Crippen LogP contribution is 2.14. The Bertz CT molecular complexity index is 632. The second-order valence-electron chi connectivity index (χ2n) is 5.43. The molecule has 0 aliphatic carbocycles. The molecule has 0 saturated carbocycles. The van der Waals surface area contributed by atoms with Crippen molar-refractivity contribution in [3.63, 3.8) is 0 Å². The van der Waals surface area contributed by atoms with Crippen LogP contribution in [-0.4, -0.2) is 54.2 Å². The molecule has 1 aromatic rings. The molecule has 1 unspecified atom stereocenters. The van der Waals surface area contributed by atoms with Crippen molar-refractivity contribution in [1.29, 1.82) is 0 Å². The minimum Gasteiger partial charge on any atom is -0.481 e. The summed E-state index contributed by atoms with van der Waals surface area (Å²) in [6.45, 7) is 0.0242. The standard InChI is InChI=1S/C15H18F3N3O4/c1-9(13(23)24)7-21(2)14(25)20-11-5-3-10(4-6-11)12(22)19-8-15(16,17)18/h3-6,9H,7-8H2,1-2H3,(H,19,22)(H,20,25)(H,23,24). The second kappa shape index (κ2) is 8.36. The fraction of sp³-hybridized carbons (Fsp3) is 0.400. The van der Waals surface area contributed by atoms with Gasteiger partial charge in [-0.05, 0) is 24.3 Å². The van der Waals surface area contributed by atoms with Crippen LogP contribution in [0.2, 0.25) is 0 Å². The molecule has 3 amide bonds. The maximum atomic E-state index is 12.1. The number of urea groups is 1. The van der Waals surface area contributed by atoms with E-state index in [1.165, 1.54) is 43.1 Å². The van der Waals surface area contributed by atoms with Crippen molar-refractivity contribution in [3.05, 3.63) is 29.8 Å². The summed E-state index contributed by atoms with van der Waals surface area (Å²) in [6.07, 6.45) is -4.50. The average molecular weight is 361 g/mol. The molecule has 0 aromatic heterocycles. The first-order chi connectivity index (χ1) is 11.5. The Kier molecular flexibility index (Phi) is 6.77. The lowest BCUT2D eigenvalue weighted by Crippen LogP contribution is -2.36. The number of alkyl halides is 3. The first-order valence-electron chi connectivity index (χ1n) is 7.19. The van der Waals surface area contributed by atoms with E-state index in [1.807, 2.05) is 0 Å². The van der Waals surface area contributed by atoms with Crippen molar-refractivity contribution in [2.75, 3.05) is 25.5 Å². The third-order valence-corrected chi connectivity index (χ3v) is 3.16. The first-order valence-corrected chi connectivity index (χ1v) is 7.19. The molecule has 0 spiro atoms. The van der Waals surface area contributed by atoms with Gasteiger partial charge in [0.15, 0.2) is 0 Å². The minimum atomic E-state index is -4.50. The number of halogens is 3. The predicted octanol–water partition coefficient (Wildman–Crippen LogP) is 2.16. The van der Waals surface area contributed by atoms with Gasteiger partial charge in [-0.25, -0.2) is 4.79 Å². The number of hydrogen-bond donors (Lipinski definition) is 3. The lowest BCUT2D eigenvalue weighted by Gasteiger charge is -2.20. The Balaban J connectivity index is 2.60. The van der Waals surface area contributed by atoms with Gasteiger partial charge in [-0.1, -0.05) is 6.92 Å². The number of carboxylic acid groups (broad SMARTS) is 1. The summed E-state index contributed by atoms with van der Waals surface area (Å²) in [7, 11) is 1.42. The number of carboxylic acids is 1. The molecule has 0 saturated heterocycles. The highest BCUT2D eigenvalue weighted by Gasteiger charge is 2.27. The van der Waals surface area contributed by atoms with Crippen LogP contribution in [0.15, 0.2) is 24.3 Å². The number of carbonyl (C=O) groups excluding carboxylic acids is 2. The zero-order chi connectivity index (χ0) is 19.2. The Morgan fingerprint density at radius 1 is 1.20 bits per heavy atom. The van der Waals surface area contributed by atoms with Crippen LogP contribution in [0.5, 0.6) is 0 Å². The fourth-order valence-corrected chi connectivity index (χ4v) is 1.78. The average Bonchev–Trinajstić information content (AvgIpc) is 2.52. The molecule has 0 fully saturated rings. The fourth-order valence-electron chi connectivity index (χ4n) is 1.78. The van der Waals surface area contributed by atoms with E-state index in [1.54, 1.807) is 5.32 Å². The number of nitrogens with zero attached hydrogens (tertiary/aromatic N) is 1. The van der Waals surface area contributed by atoms with Crippen LogP contribution < -0.4 is 10.6 Å². The van der Waals surface area contributed by atoms with Crippen molar-refractivity contribution in [2.24, 2.45) is 5.92 Å². The van der Waals surface area contributed by atoms with Gasteiger partial charge in [-0.3, -0.25) is 9.59 Å². The van der Waals surface area contributed by atoms with E-state index in [9.17, 15) is 27.6 Å². The van der Waals surface area contributed by atoms with Gasteiger partial charge >= 0.3 is 18.2 Å². The number of aliphatic carboxylic acids is 1. The first kappa shape index (κ1) is 20.3. The maximum Gasteiger partial charge on any atom is 0.405 e. The topological polar surface area (TPSA) is 98.7 Å². The summed E-state index contributed by atoms with van der Waals surface area (Å²) in [6, 6.07) is 4.69. The molecule has 138 valence electrons. The molecule has 3 N–H and O–H groups in total. The third-order valence-electron chi connectivity index (χ3n) is 3.16. The van der Waals surface area contributed by atoms with E-state index in [0.717, 1.165) is 0 Å². The van der Waals surface area contributed by atoms with Crippen molar-refractivity contribution < 1.29 is 32.7 Å². The smallest absolute Gasteiger partial charge is 0.405 e. The molecule has 0 heterocycles. The zero-order valence-corrected chi connectivity index (χ0v) is 13.6. The Morgan fingerprint density at radius 2 is 1.76 bits per heavy atom. The molecule has 10 heteroatoms. The van der Waals surface area contributed by atoms with Crippen LogP contribution in [-0.2, 0) is 4.79 Å². The van der Waals surface area contributed by atoms with E-state index in [4.69, 9.17) is 5.11 Å².